The van der Waals surface area contributed by atoms with E-state index in [1.165, 1.54) is 0 Å². The van der Waals surface area contributed by atoms with Crippen molar-refractivity contribution < 1.29 is 28.5 Å². The van der Waals surface area contributed by atoms with Gasteiger partial charge in [0.25, 0.3) is 0 Å². The maximum atomic E-state index is 13.7. The van der Waals surface area contributed by atoms with E-state index in [0.29, 0.717) is 88.0 Å². The van der Waals surface area contributed by atoms with Gasteiger partial charge in [0, 0.05) is 16.7 Å². The number of para-hydroxylation sites is 2. The summed E-state index contributed by atoms with van der Waals surface area (Å²) >= 11 is 25.0. The van der Waals surface area contributed by atoms with Crippen LogP contribution in [0.25, 0.3) is 40.2 Å². The molecule has 52 heavy (non-hydrogen) atoms. The predicted molar refractivity (Wildman–Crippen MR) is 205 cm³/mol. The third kappa shape index (κ3) is 6.99. The quantitative estimate of drug-likeness (QED) is 0.116. The molecule has 0 amide bonds. The number of allylic oxidation sites excluding steroid dienone is 6. The first-order valence-electron chi connectivity index (χ1n) is 15.8. The molecule has 2 aliphatic rings. The molecule has 258 valence electrons. The van der Waals surface area contributed by atoms with E-state index in [1.54, 1.807) is 87.1 Å². The zero-order chi connectivity index (χ0) is 36.5. The molecule has 5 aromatic rings. The second-order valence-corrected chi connectivity index (χ2v) is 13.3. The van der Waals surface area contributed by atoms with E-state index in [1.807, 2.05) is 48.5 Å². The first-order chi connectivity index (χ1) is 25.1. The lowest BCUT2D eigenvalue weighted by Gasteiger charge is -2.29. The molecule has 0 saturated carbocycles. The molecule has 0 spiro atoms. The van der Waals surface area contributed by atoms with Gasteiger partial charge in [0.05, 0.1) is 57.6 Å². The smallest absolute Gasteiger partial charge is 0.365 e. The number of carbonyl (C=O) groups excluding carboxylic acids is 1. The van der Waals surface area contributed by atoms with Gasteiger partial charge in [-0.2, -0.15) is 0 Å². The van der Waals surface area contributed by atoms with E-state index in [9.17, 15) is 9.90 Å². The maximum Gasteiger partial charge on any atom is 0.365 e. The molecule has 0 atom stereocenters. The molecule has 0 N–H and O–H groups in total. The Morgan fingerprint density at radius 1 is 0.654 bits per heavy atom. The molecule has 0 bridgehead atoms. The molecule has 6 nitrogen and oxygen atoms in total. The van der Waals surface area contributed by atoms with Gasteiger partial charge in [0.2, 0.25) is 0 Å². The second kappa shape index (κ2) is 14.8. The minimum atomic E-state index is -0.406. The van der Waals surface area contributed by atoms with Gasteiger partial charge in [-0.3, -0.25) is 4.79 Å². The lowest BCUT2D eigenvalue weighted by atomic mass is 9.85. The molecule has 1 aliphatic heterocycles. The van der Waals surface area contributed by atoms with Crippen LogP contribution in [0.15, 0.2) is 142 Å². The largest absolute Gasteiger partial charge is 0.871 e. The third-order valence-corrected chi connectivity index (χ3v) is 9.86. The summed E-state index contributed by atoms with van der Waals surface area (Å²) in [7, 11) is 3.13. The Hall–Kier alpha value is -5.24. The Balaban J connectivity index is 1.32. The highest BCUT2D eigenvalue weighted by Gasteiger charge is 2.29. The average molecular weight is 768 g/mol. The highest BCUT2D eigenvalue weighted by Crippen LogP contribution is 2.40. The van der Waals surface area contributed by atoms with E-state index in [2.05, 4.69) is 0 Å². The minimum absolute atomic E-state index is 0.0267. The Morgan fingerprint density at radius 3 is 1.88 bits per heavy atom. The van der Waals surface area contributed by atoms with Gasteiger partial charge in [0.15, 0.2) is 5.78 Å². The number of hydrogen-bond acceptors (Lipinski definition) is 5. The van der Waals surface area contributed by atoms with Gasteiger partial charge >= 0.3 is 11.5 Å². The molecule has 7 rings (SSSR count). The molecule has 0 fully saturated rings. The van der Waals surface area contributed by atoms with Crippen molar-refractivity contribution in [2.45, 2.75) is 0 Å². The van der Waals surface area contributed by atoms with E-state index in [4.69, 9.17) is 65.0 Å². The Labute approximate surface area is 319 Å². The second-order valence-electron chi connectivity index (χ2n) is 11.7. The number of halogens is 4. The fourth-order valence-corrected chi connectivity index (χ4v) is 6.38. The molecule has 0 saturated heterocycles. The van der Waals surface area contributed by atoms with Crippen LogP contribution >= 0.6 is 46.4 Å². The topological polar surface area (TPSA) is 79.1 Å². The van der Waals surface area contributed by atoms with Crippen molar-refractivity contribution >= 4 is 69.8 Å². The summed E-state index contributed by atoms with van der Waals surface area (Å²) in [6.45, 7) is 0. The van der Waals surface area contributed by atoms with E-state index < -0.39 is 11.5 Å². The number of ketones is 1. The predicted octanol–water partition coefficient (Wildman–Crippen LogP) is 11.1. The Bertz CT molecular complexity index is 2440. The zero-order valence-corrected chi connectivity index (χ0v) is 30.5. The summed E-state index contributed by atoms with van der Waals surface area (Å²) in [4.78, 5) is 13.7. The standard InChI is InChI=1S/C42H26Cl4O6/c1-49-35-9-5-3-7-27(35)39-19-23(17-37(51-39)25-11-13-31(43)33(45)21-25)15-29-41(47)30(42(29)48)16-24-18-38(26-12-14-32(44)34(46)22-26)52-40(20-24)28-8-4-6-10-36(28)50-2/h3-22H,1-2H3. The van der Waals surface area contributed by atoms with Crippen LogP contribution < -0.4 is 14.6 Å². The van der Waals surface area contributed by atoms with Crippen LogP contribution in [0.2, 0.25) is 20.1 Å². The fraction of sp³-hybridized carbons (Fsp3) is 0.0476. The first-order valence-corrected chi connectivity index (χ1v) is 17.3. The highest BCUT2D eigenvalue weighted by molar-refractivity contribution is 6.42. The van der Waals surface area contributed by atoms with Gasteiger partial charge in [-0.15, -0.1) is 0 Å². The summed E-state index contributed by atoms with van der Waals surface area (Å²) in [5.41, 5.74) is 3.82. The number of carbonyl (C=O) groups is 1. The monoisotopic (exact) mass is 766 g/mol. The van der Waals surface area contributed by atoms with Crippen LogP contribution in [0.5, 0.6) is 11.5 Å². The van der Waals surface area contributed by atoms with E-state index in [0.717, 1.165) is 0 Å². The number of ether oxygens (including phenoxy) is 3. The van der Waals surface area contributed by atoms with Crippen molar-refractivity contribution in [2.24, 2.45) is 0 Å². The average Bonchev–Trinajstić information content (AvgIpc) is 3.17. The number of methoxy groups -OCH3 is 2. The van der Waals surface area contributed by atoms with E-state index in [-0.39, 0.29) is 11.1 Å². The molecule has 10 heteroatoms. The SMILES string of the molecule is COc1ccccc1C1=CC(=CC2=C([O-])C(=Cc3cc(-c4ccc(Cl)c(Cl)c4)[o+]c(-c4ccccc4OC)c3)C2=O)C=C(c2ccc(Cl)c(Cl)c2)O1. The Morgan fingerprint density at radius 2 is 1.23 bits per heavy atom. The maximum absolute atomic E-state index is 13.7. The number of rotatable bonds is 8. The summed E-state index contributed by atoms with van der Waals surface area (Å²) < 4.78 is 23.8. The van der Waals surface area contributed by atoms with Gasteiger partial charge in [-0.1, -0.05) is 76.4 Å². The molecule has 1 aliphatic carbocycles. The van der Waals surface area contributed by atoms with Crippen molar-refractivity contribution in [1.82, 2.24) is 0 Å². The van der Waals surface area contributed by atoms with Crippen LogP contribution in [0.3, 0.4) is 0 Å². The lowest BCUT2D eigenvalue weighted by molar-refractivity contribution is -0.300. The van der Waals surface area contributed by atoms with Gasteiger partial charge in [-0.05, 0) is 96.1 Å². The summed E-state index contributed by atoms with van der Waals surface area (Å²) in [6.07, 6.45) is 6.59. The minimum Gasteiger partial charge on any atom is -0.871 e. The van der Waals surface area contributed by atoms with Gasteiger partial charge in [-0.25, -0.2) is 4.42 Å². The van der Waals surface area contributed by atoms with Gasteiger partial charge in [0.1, 0.15) is 28.6 Å². The summed E-state index contributed by atoms with van der Waals surface area (Å²) in [6, 6.07) is 28.5. The van der Waals surface area contributed by atoms with Crippen LogP contribution in [-0.2, 0) is 9.53 Å². The molecule has 2 heterocycles. The van der Waals surface area contributed by atoms with Crippen molar-refractivity contribution in [3.8, 4) is 34.1 Å². The lowest BCUT2D eigenvalue weighted by Crippen LogP contribution is -2.29. The normalized spacial score (nSPS) is 15.6. The van der Waals surface area contributed by atoms with Gasteiger partial charge < -0.3 is 19.3 Å². The number of benzene rings is 4. The van der Waals surface area contributed by atoms with Crippen LogP contribution in [0.4, 0.5) is 0 Å². The summed E-state index contributed by atoms with van der Waals surface area (Å²) in [5, 5.41) is 15.1. The molecule has 0 unspecified atom stereocenters. The third-order valence-electron chi connectivity index (χ3n) is 8.38. The van der Waals surface area contributed by atoms with Crippen LogP contribution in [0, 0.1) is 0 Å². The van der Waals surface area contributed by atoms with Crippen molar-refractivity contribution in [2.75, 3.05) is 14.2 Å². The first kappa shape index (κ1) is 35.2. The summed E-state index contributed by atoms with van der Waals surface area (Å²) in [5.74, 6) is 2.14. The van der Waals surface area contributed by atoms with Crippen molar-refractivity contribution in [3.63, 3.8) is 0 Å². The van der Waals surface area contributed by atoms with E-state index >= 15 is 0 Å². The zero-order valence-electron chi connectivity index (χ0n) is 27.5. The van der Waals surface area contributed by atoms with Crippen LogP contribution in [-0.4, -0.2) is 20.0 Å². The Kier molecular flexibility index (Phi) is 10.00. The fourth-order valence-electron chi connectivity index (χ4n) is 5.78. The number of Topliss-reactive ketones (excluding diaryl/α,β-unsaturated/α-hetero) is 1. The van der Waals surface area contributed by atoms with Crippen LogP contribution in [0.1, 0.15) is 16.7 Å². The van der Waals surface area contributed by atoms with Crippen molar-refractivity contribution in [1.29, 1.82) is 0 Å². The molecular weight excluding hydrogens is 742 g/mol. The number of hydrogen-bond donors (Lipinski definition) is 0. The molecule has 4 aromatic carbocycles. The molecule has 1 aromatic heterocycles. The molecular formula is C42H26Cl4O6. The molecule has 0 radical (unpaired) electrons. The highest BCUT2D eigenvalue weighted by atomic mass is 35.5. The van der Waals surface area contributed by atoms with Crippen molar-refractivity contribution in [3.05, 3.63) is 175 Å².